The van der Waals surface area contributed by atoms with E-state index < -0.39 is 18.4 Å². The van der Waals surface area contributed by atoms with E-state index >= 15 is 0 Å². The zero-order valence-corrected chi connectivity index (χ0v) is 11.5. The lowest BCUT2D eigenvalue weighted by molar-refractivity contribution is -0.145. The average molecular weight is 266 g/mol. The quantitative estimate of drug-likeness (QED) is 0.498. The number of aryl methyl sites for hydroxylation is 1. The molecule has 0 aliphatic carbocycles. The third kappa shape index (κ3) is 3.98. The van der Waals surface area contributed by atoms with Crippen molar-refractivity contribution in [3.63, 3.8) is 0 Å². The van der Waals surface area contributed by atoms with Crippen molar-refractivity contribution < 1.29 is 24.5 Å². The molecular formula is C14H18O5. The van der Waals surface area contributed by atoms with Crippen LogP contribution in [-0.4, -0.2) is 22.2 Å². The van der Waals surface area contributed by atoms with E-state index in [-0.39, 0.29) is 16.9 Å². The summed E-state index contributed by atoms with van der Waals surface area (Å²) in [7, 11) is 0. The minimum absolute atomic E-state index is 0.158. The summed E-state index contributed by atoms with van der Waals surface area (Å²) < 4.78 is 4.97. The Bertz CT molecular complexity index is 511. The Morgan fingerprint density at radius 2 is 1.84 bits per heavy atom. The highest BCUT2D eigenvalue weighted by atomic mass is 16.5. The molecule has 0 fully saturated rings. The van der Waals surface area contributed by atoms with E-state index in [0.717, 1.165) is 0 Å². The van der Waals surface area contributed by atoms with Crippen LogP contribution in [0.5, 0.6) is 11.5 Å². The Kier molecular flexibility index (Phi) is 4.19. The fourth-order valence-electron chi connectivity index (χ4n) is 1.67. The van der Waals surface area contributed by atoms with Crippen LogP contribution in [0, 0.1) is 6.92 Å². The first kappa shape index (κ1) is 15.0. The van der Waals surface area contributed by atoms with Crippen molar-refractivity contribution >= 4 is 11.9 Å². The van der Waals surface area contributed by atoms with Gasteiger partial charge >= 0.3 is 11.9 Å². The molecule has 19 heavy (non-hydrogen) atoms. The Balaban J connectivity index is 3.08. The topological polar surface area (TPSA) is 83.8 Å². The summed E-state index contributed by atoms with van der Waals surface area (Å²) in [5, 5.41) is 18.5. The number of hydrogen-bond donors (Lipinski definition) is 2. The first-order valence-corrected chi connectivity index (χ1v) is 5.88. The van der Waals surface area contributed by atoms with Crippen molar-refractivity contribution in [1.29, 1.82) is 0 Å². The number of aromatic hydroxyl groups is 1. The van der Waals surface area contributed by atoms with Crippen LogP contribution in [0.1, 0.15) is 38.3 Å². The monoisotopic (exact) mass is 266 g/mol. The average Bonchev–Trinajstić information content (AvgIpc) is 2.20. The molecule has 0 atom stereocenters. The summed E-state index contributed by atoms with van der Waals surface area (Å²) in [6.07, 6.45) is -0.690. The van der Waals surface area contributed by atoms with Crippen LogP contribution in [0.25, 0.3) is 0 Å². The Morgan fingerprint density at radius 3 is 2.32 bits per heavy atom. The summed E-state index contributed by atoms with van der Waals surface area (Å²) in [4.78, 5) is 21.7. The number of carboxylic acid groups (broad SMARTS) is 1. The van der Waals surface area contributed by atoms with Crippen LogP contribution in [0.4, 0.5) is 0 Å². The first-order valence-electron chi connectivity index (χ1n) is 5.88. The van der Waals surface area contributed by atoms with Gasteiger partial charge in [0.2, 0.25) is 0 Å². The highest BCUT2D eigenvalue weighted by molar-refractivity contribution is 5.91. The minimum atomic E-state index is -1.24. The molecule has 1 aromatic carbocycles. The standard InChI is InChI=1S/C14H18O5/c1-8-5-9(19-12(17)7-11(15)16)6-10(13(8)18)14(2,3)4/h5-6,18H,7H2,1-4H3,(H,15,16). The molecule has 2 N–H and O–H groups in total. The summed E-state index contributed by atoms with van der Waals surface area (Å²) in [5.74, 6) is -1.67. The SMILES string of the molecule is Cc1cc(OC(=O)CC(=O)O)cc(C(C)(C)C)c1O. The molecule has 0 aromatic heterocycles. The number of rotatable bonds is 3. The molecule has 0 aliphatic heterocycles. The van der Waals surface area contributed by atoms with Gasteiger partial charge in [-0.3, -0.25) is 9.59 Å². The Morgan fingerprint density at radius 1 is 1.26 bits per heavy atom. The smallest absolute Gasteiger partial charge is 0.322 e. The van der Waals surface area contributed by atoms with Gasteiger partial charge in [-0.1, -0.05) is 20.8 Å². The van der Waals surface area contributed by atoms with Gasteiger partial charge in [-0.05, 0) is 30.0 Å². The van der Waals surface area contributed by atoms with E-state index in [0.29, 0.717) is 11.1 Å². The summed E-state index contributed by atoms with van der Waals surface area (Å²) in [6, 6.07) is 3.06. The Hall–Kier alpha value is -2.04. The van der Waals surface area contributed by atoms with Crippen molar-refractivity contribution in [2.24, 2.45) is 0 Å². The van der Waals surface area contributed by atoms with Gasteiger partial charge in [0.05, 0.1) is 0 Å². The van der Waals surface area contributed by atoms with Crippen molar-refractivity contribution in [3.8, 4) is 11.5 Å². The molecule has 0 radical (unpaired) electrons. The summed E-state index contributed by atoms with van der Waals surface area (Å²) in [5.41, 5.74) is 0.903. The second-order valence-corrected chi connectivity index (χ2v) is 5.43. The molecule has 0 unspecified atom stereocenters. The molecule has 0 bridgehead atoms. The van der Waals surface area contributed by atoms with E-state index in [2.05, 4.69) is 0 Å². The number of phenols is 1. The zero-order valence-electron chi connectivity index (χ0n) is 11.5. The highest BCUT2D eigenvalue weighted by Crippen LogP contribution is 2.36. The third-order valence-electron chi connectivity index (χ3n) is 2.61. The fraction of sp³-hybridized carbons (Fsp3) is 0.429. The molecule has 5 nitrogen and oxygen atoms in total. The van der Waals surface area contributed by atoms with Crippen molar-refractivity contribution in [3.05, 3.63) is 23.3 Å². The van der Waals surface area contributed by atoms with Crippen LogP contribution in [0.15, 0.2) is 12.1 Å². The second-order valence-electron chi connectivity index (χ2n) is 5.43. The lowest BCUT2D eigenvalue weighted by Crippen LogP contribution is -2.15. The molecule has 0 amide bonds. The van der Waals surface area contributed by atoms with Crippen LogP contribution in [0.2, 0.25) is 0 Å². The summed E-state index contributed by atoms with van der Waals surface area (Å²) >= 11 is 0. The lowest BCUT2D eigenvalue weighted by atomic mass is 9.85. The van der Waals surface area contributed by atoms with Crippen LogP contribution in [0.3, 0.4) is 0 Å². The van der Waals surface area contributed by atoms with Crippen molar-refractivity contribution in [1.82, 2.24) is 0 Å². The first-order chi connectivity index (χ1) is 8.61. The number of carboxylic acids is 1. The van der Waals surface area contributed by atoms with Gasteiger partial charge in [0, 0.05) is 5.56 Å². The lowest BCUT2D eigenvalue weighted by Gasteiger charge is -2.22. The molecule has 0 spiro atoms. The molecule has 0 aliphatic rings. The number of carbonyl (C=O) groups is 2. The number of ether oxygens (including phenoxy) is 1. The highest BCUT2D eigenvalue weighted by Gasteiger charge is 2.21. The third-order valence-corrected chi connectivity index (χ3v) is 2.61. The second kappa shape index (κ2) is 5.30. The van der Waals surface area contributed by atoms with E-state index in [4.69, 9.17) is 9.84 Å². The fourth-order valence-corrected chi connectivity index (χ4v) is 1.67. The van der Waals surface area contributed by atoms with Crippen molar-refractivity contribution in [2.45, 2.75) is 39.5 Å². The van der Waals surface area contributed by atoms with E-state index in [1.165, 1.54) is 6.07 Å². The molecule has 104 valence electrons. The maximum Gasteiger partial charge on any atom is 0.322 e. The number of aliphatic carboxylic acids is 1. The number of carbonyl (C=O) groups excluding carboxylic acids is 1. The van der Waals surface area contributed by atoms with Gasteiger partial charge < -0.3 is 14.9 Å². The number of esters is 1. The minimum Gasteiger partial charge on any atom is -0.507 e. The molecule has 0 saturated heterocycles. The molecular weight excluding hydrogens is 248 g/mol. The summed E-state index contributed by atoms with van der Waals surface area (Å²) in [6.45, 7) is 7.46. The molecule has 5 heteroatoms. The zero-order chi connectivity index (χ0) is 14.8. The van der Waals surface area contributed by atoms with Gasteiger partial charge in [0.1, 0.15) is 17.9 Å². The predicted molar refractivity (Wildman–Crippen MR) is 69.4 cm³/mol. The molecule has 1 aromatic rings. The maximum atomic E-state index is 11.3. The number of phenolic OH excluding ortho intramolecular Hbond substituents is 1. The van der Waals surface area contributed by atoms with Gasteiger partial charge in [-0.15, -0.1) is 0 Å². The molecule has 0 saturated carbocycles. The van der Waals surface area contributed by atoms with E-state index in [1.807, 2.05) is 20.8 Å². The van der Waals surface area contributed by atoms with Gasteiger partial charge in [-0.25, -0.2) is 0 Å². The number of benzene rings is 1. The predicted octanol–water partition coefficient (Wildman–Crippen LogP) is 2.38. The van der Waals surface area contributed by atoms with Gasteiger partial charge in [0.15, 0.2) is 0 Å². The normalized spacial score (nSPS) is 11.2. The largest absolute Gasteiger partial charge is 0.507 e. The molecule has 0 heterocycles. The molecule has 1 rings (SSSR count). The van der Waals surface area contributed by atoms with Crippen LogP contribution in [-0.2, 0) is 15.0 Å². The number of hydrogen-bond acceptors (Lipinski definition) is 4. The maximum absolute atomic E-state index is 11.3. The van der Waals surface area contributed by atoms with Crippen LogP contribution >= 0.6 is 0 Å². The van der Waals surface area contributed by atoms with Gasteiger partial charge in [-0.2, -0.15) is 0 Å². The van der Waals surface area contributed by atoms with E-state index in [9.17, 15) is 14.7 Å². The van der Waals surface area contributed by atoms with E-state index in [1.54, 1.807) is 13.0 Å². The van der Waals surface area contributed by atoms with Gasteiger partial charge in [0.25, 0.3) is 0 Å². The Labute approximate surface area is 111 Å². The van der Waals surface area contributed by atoms with Crippen LogP contribution < -0.4 is 4.74 Å². The van der Waals surface area contributed by atoms with Crippen molar-refractivity contribution in [2.75, 3.05) is 0 Å².